The topological polar surface area (TPSA) is 64.0 Å². The second kappa shape index (κ2) is 7.87. The van der Waals surface area contributed by atoms with Crippen LogP contribution in [0.5, 0.6) is 0 Å². The highest BCUT2D eigenvalue weighted by Crippen LogP contribution is 2.32. The molecule has 5 nitrogen and oxygen atoms in total. The lowest BCUT2D eigenvalue weighted by atomic mass is 10.1. The molecule has 0 unspecified atom stereocenters. The lowest BCUT2D eigenvalue weighted by molar-refractivity contribution is -0.114. The van der Waals surface area contributed by atoms with Crippen LogP contribution in [0.15, 0.2) is 53.7 Å². The molecule has 1 aromatic heterocycles. The Bertz CT molecular complexity index is 986. The summed E-state index contributed by atoms with van der Waals surface area (Å²) in [5.74, 6) is -0.411. The second-order valence-electron chi connectivity index (χ2n) is 5.91. The van der Waals surface area contributed by atoms with E-state index in [4.69, 9.17) is 0 Å². The molecule has 8 heteroatoms. The van der Waals surface area contributed by atoms with Gasteiger partial charge in [0, 0.05) is 18.2 Å². The SMILES string of the molecule is CC(=O)Nc1ccc(C(=O)[C@H](C)Sc2nc3ccccc3n2C(F)F)cc1. The third-order valence-corrected chi connectivity index (χ3v) is 4.97. The molecule has 1 amide bonds. The number of imidazole rings is 1. The van der Waals surface area contributed by atoms with Crippen LogP contribution in [-0.2, 0) is 4.79 Å². The average molecular weight is 389 g/mol. The summed E-state index contributed by atoms with van der Waals surface area (Å²) in [6.07, 6.45) is 0. The predicted molar refractivity (Wildman–Crippen MR) is 101 cm³/mol. The van der Waals surface area contributed by atoms with Crippen LogP contribution in [0.3, 0.4) is 0 Å². The number of nitrogens with one attached hydrogen (secondary N) is 1. The number of hydrogen-bond acceptors (Lipinski definition) is 4. The number of carbonyl (C=O) groups excluding carboxylic acids is 2. The van der Waals surface area contributed by atoms with Crippen molar-refractivity contribution >= 4 is 40.2 Å². The molecule has 3 rings (SSSR count). The van der Waals surface area contributed by atoms with Gasteiger partial charge in [-0.3, -0.25) is 14.2 Å². The van der Waals surface area contributed by atoms with Gasteiger partial charge in [0.15, 0.2) is 10.9 Å². The summed E-state index contributed by atoms with van der Waals surface area (Å²) >= 11 is 0.995. The Morgan fingerprint density at radius 2 is 1.78 bits per heavy atom. The highest BCUT2D eigenvalue weighted by atomic mass is 32.2. The van der Waals surface area contributed by atoms with Crippen LogP contribution >= 0.6 is 11.8 Å². The summed E-state index contributed by atoms with van der Waals surface area (Å²) in [5, 5.41) is 2.12. The third kappa shape index (κ3) is 4.16. The maximum atomic E-state index is 13.5. The third-order valence-electron chi connectivity index (χ3n) is 3.90. The van der Waals surface area contributed by atoms with Gasteiger partial charge in [-0.15, -0.1) is 0 Å². The lowest BCUT2D eigenvalue weighted by Gasteiger charge is -2.12. The number of fused-ring (bicyclic) bond motifs is 1. The summed E-state index contributed by atoms with van der Waals surface area (Å²) in [4.78, 5) is 27.9. The standard InChI is InChI=1S/C19H17F2N3O2S/c1-11(17(26)13-7-9-14(10-8-13)22-12(2)25)27-19-23-15-5-3-4-6-16(15)24(19)18(20)21/h3-11,18H,1-2H3,(H,22,25)/t11-/m0/s1. The highest BCUT2D eigenvalue weighted by molar-refractivity contribution is 8.00. The number of anilines is 1. The number of para-hydroxylation sites is 2. The Labute approximate surface area is 158 Å². The van der Waals surface area contributed by atoms with Gasteiger partial charge in [-0.2, -0.15) is 8.78 Å². The number of amides is 1. The Hall–Kier alpha value is -2.74. The minimum absolute atomic E-state index is 0.0990. The monoisotopic (exact) mass is 389 g/mol. The van der Waals surface area contributed by atoms with E-state index in [1.807, 2.05) is 0 Å². The summed E-state index contributed by atoms with van der Waals surface area (Å²) in [5.41, 5.74) is 1.80. The van der Waals surface area contributed by atoms with E-state index >= 15 is 0 Å². The van der Waals surface area contributed by atoms with Gasteiger partial charge >= 0.3 is 6.55 Å². The number of nitrogens with zero attached hydrogens (tertiary/aromatic N) is 2. The van der Waals surface area contributed by atoms with Crippen molar-refractivity contribution in [3.05, 3.63) is 54.1 Å². The number of Topliss-reactive ketones (excluding diaryl/α,β-unsaturated/α-hetero) is 1. The first kappa shape index (κ1) is 19.0. The van der Waals surface area contributed by atoms with Crippen LogP contribution in [0.4, 0.5) is 14.5 Å². The van der Waals surface area contributed by atoms with Gasteiger partial charge in [0.05, 0.1) is 16.3 Å². The van der Waals surface area contributed by atoms with Crippen LogP contribution in [0.2, 0.25) is 0 Å². The van der Waals surface area contributed by atoms with Gasteiger partial charge in [0.1, 0.15) is 0 Å². The van der Waals surface area contributed by atoms with Crippen LogP contribution in [0, 0.1) is 0 Å². The maximum Gasteiger partial charge on any atom is 0.321 e. The largest absolute Gasteiger partial charge is 0.326 e. The lowest BCUT2D eigenvalue weighted by Crippen LogP contribution is -2.15. The summed E-state index contributed by atoms with van der Waals surface area (Å²) in [6, 6.07) is 13.1. The van der Waals surface area contributed by atoms with Crippen molar-refractivity contribution in [2.75, 3.05) is 5.32 Å². The van der Waals surface area contributed by atoms with Crippen molar-refractivity contribution in [3.63, 3.8) is 0 Å². The predicted octanol–water partition coefficient (Wildman–Crippen LogP) is 4.75. The zero-order valence-corrected chi connectivity index (χ0v) is 15.5. The molecule has 0 bridgehead atoms. The fourth-order valence-electron chi connectivity index (χ4n) is 2.66. The Kier molecular flexibility index (Phi) is 5.55. The van der Waals surface area contributed by atoms with Crippen molar-refractivity contribution in [1.29, 1.82) is 0 Å². The summed E-state index contributed by atoms with van der Waals surface area (Å²) in [6.45, 7) is 0.302. The van der Waals surface area contributed by atoms with E-state index in [-0.39, 0.29) is 16.8 Å². The highest BCUT2D eigenvalue weighted by Gasteiger charge is 2.23. The Morgan fingerprint density at radius 1 is 1.11 bits per heavy atom. The fourth-order valence-corrected chi connectivity index (χ4v) is 3.66. The van der Waals surface area contributed by atoms with Crippen molar-refractivity contribution in [2.45, 2.75) is 30.8 Å². The molecule has 1 atom stereocenters. The number of hydrogen-bond donors (Lipinski definition) is 1. The van der Waals surface area contributed by atoms with Crippen LogP contribution in [-0.4, -0.2) is 26.5 Å². The normalized spacial score (nSPS) is 12.3. The molecule has 0 saturated carbocycles. The number of thioether (sulfide) groups is 1. The molecule has 27 heavy (non-hydrogen) atoms. The van der Waals surface area contributed by atoms with Crippen molar-refractivity contribution in [3.8, 4) is 0 Å². The second-order valence-corrected chi connectivity index (χ2v) is 7.22. The van der Waals surface area contributed by atoms with Crippen LogP contribution < -0.4 is 5.32 Å². The fraction of sp³-hybridized carbons (Fsp3) is 0.211. The van der Waals surface area contributed by atoms with E-state index in [0.717, 1.165) is 16.3 Å². The smallest absolute Gasteiger partial charge is 0.321 e. The molecule has 140 valence electrons. The molecule has 0 aliphatic rings. The van der Waals surface area contributed by atoms with E-state index in [1.54, 1.807) is 55.5 Å². The van der Waals surface area contributed by atoms with E-state index in [0.29, 0.717) is 22.3 Å². The average Bonchev–Trinajstić information content (AvgIpc) is 2.99. The molecular formula is C19H17F2N3O2S. The molecule has 0 aliphatic carbocycles. The van der Waals surface area contributed by atoms with Gasteiger partial charge < -0.3 is 5.32 Å². The van der Waals surface area contributed by atoms with E-state index in [1.165, 1.54) is 6.92 Å². The van der Waals surface area contributed by atoms with Gasteiger partial charge in [0.2, 0.25) is 5.91 Å². The van der Waals surface area contributed by atoms with Crippen LogP contribution in [0.1, 0.15) is 30.8 Å². The Balaban J connectivity index is 1.81. The molecule has 1 N–H and O–H groups in total. The number of halogens is 2. The first-order valence-corrected chi connectivity index (χ1v) is 9.08. The first-order chi connectivity index (χ1) is 12.9. The molecule has 2 aromatic carbocycles. The molecule has 3 aromatic rings. The van der Waals surface area contributed by atoms with Crippen molar-refractivity contribution < 1.29 is 18.4 Å². The van der Waals surface area contributed by atoms with Crippen molar-refractivity contribution in [1.82, 2.24) is 9.55 Å². The minimum atomic E-state index is -2.75. The first-order valence-electron chi connectivity index (χ1n) is 8.20. The number of aromatic nitrogens is 2. The zero-order valence-electron chi connectivity index (χ0n) is 14.6. The van der Waals surface area contributed by atoms with E-state index < -0.39 is 11.8 Å². The quantitative estimate of drug-likeness (QED) is 0.488. The van der Waals surface area contributed by atoms with Crippen molar-refractivity contribution in [2.24, 2.45) is 0 Å². The van der Waals surface area contributed by atoms with Crippen LogP contribution in [0.25, 0.3) is 11.0 Å². The molecule has 1 heterocycles. The number of rotatable bonds is 6. The van der Waals surface area contributed by atoms with Gasteiger partial charge in [-0.1, -0.05) is 23.9 Å². The molecule has 0 spiro atoms. The summed E-state index contributed by atoms with van der Waals surface area (Å²) < 4.78 is 27.8. The number of benzene rings is 2. The summed E-state index contributed by atoms with van der Waals surface area (Å²) in [7, 11) is 0. The maximum absolute atomic E-state index is 13.5. The van der Waals surface area contributed by atoms with E-state index in [9.17, 15) is 18.4 Å². The van der Waals surface area contributed by atoms with E-state index in [2.05, 4.69) is 10.3 Å². The number of alkyl halides is 2. The van der Waals surface area contributed by atoms with Gasteiger partial charge in [-0.05, 0) is 43.3 Å². The number of ketones is 1. The molecule has 0 saturated heterocycles. The number of carbonyl (C=O) groups is 2. The zero-order chi connectivity index (χ0) is 19.6. The van der Waals surface area contributed by atoms with Gasteiger partial charge in [0.25, 0.3) is 0 Å². The molecule has 0 aliphatic heterocycles. The Morgan fingerprint density at radius 3 is 2.41 bits per heavy atom. The minimum Gasteiger partial charge on any atom is -0.326 e. The molecule has 0 fully saturated rings. The molecule has 0 radical (unpaired) electrons. The van der Waals surface area contributed by atoms with Gasteiger partial charge in [-0.25, -0.2) is 4.98 Å². The molecular weight excluding hydrogens is 372 g/mol.